The standard InChI is InChI=1S/C29H41N5O.C2H6/c1-7-22(5)28(18-23(6)30-10-4)32-14-16-33(17-15-32)29(35)21-34-26(9-3)20-27(31-34)25-13-11-12-24(8-2)19-25;1-2/h10-13,18-20H,7-9,14-17,21H2,1-6H3;1-2H3/b23-18-,28-22-,30-10?;. The van der Waals surface area contributed by atoms with Gasteiger partial charge in [0.15, 0.2) is 0 Å². The molecular formula is C31H47N5O. The van der Waals surface area contributed by atoms with Crippen LogP contribution in [0.5, 0.6) is 0 Å². The Hall–Kier alpha value is -3.15. The normalized spacial score (nSPS) is 15.0. The first-order valence-corrected chi connectivity index (χ1v) is 14.0. The topological polar surface area (TPSA) is 53.7 Å². The zero-order chi connectivity index (χ0) is 27.4. The van der Waals surface area contributed by atoms with Gasteiger partial charge in [-0.2, -0.15) is 5.10 Å². The highest BCUT2D eigenvalue weighted by atomic mass is 16.2. The van der Waals surface area contributed by atoms with Gasteiger partial charge in [0, 0.05) is 55.0 Å². The zero-order valence-corrected chi connectivity index (χ0v) is 24.3. The Morgan fingerprint density at radius 1 is 1.00 bits per heavy atom. The number of benzene rings is 1. The SMILES string of the molecule is CC.CC=N/C(C)=C\C(=C(/C)CC)N1CCN(C(=O)Cn2nc(-c3cccc(CC)c3)cc2CC)CC1. The van der Waals surface area contributed by atoms with Crippen molar-refractivity contribution in [2.24, 2.45) is 4.99 Å². The number of hydrogen-bond donors (Lipinski definition) is 0. The van der Waals surface area contributed by atoms with Crippen molar-refractivity contribution < 1.29 is 4.79 Å². The van der Waals surface area contributed by atoms with Crippen molar-refractivity contribution in [3.05, 3.63) is 64.6 Å². The van der Waals surface area contributed by atoms with E-state index in [4.69, 9.17) is 5.10 Å². The molecule has 37 heavy (non-hydrogen) atoms. The van der Waals surface area contributed by atoms with Gasteiger partial charge in [-0.15, -0.1) is 0 Å². The molecule has 202 valence electrons. The number of aryl methyl sites for hydroxylation is 2. The van der Waals surface area contributed by atoms with Crippen molar-refractivity contribution >= 4 is 12.1 Å². The van der Waals surface area contributed by atoms with Crippen LogP contribution >= 0.6 is 0 Å². The average Bonchev–Trinajstić information content (AvgIpc) is 3.35. The Morgan fingerprint density at radius 3 is 2.27 bits per heavy atom. The number of carbonyl (C=O) groups excluding carboxylic acids is 1. The summed E-state index contributed by atoms with van der Waals surface area (Å²) in [4.78, 5) is 22.0. The van der Waals surface area contributed by atoms with Crippen molar-refractivity contribution in [3.63, 3.8) is 0 Å². The molecule has 1 fully saturated rings. The van der Waals surface area contributed by atoms with Crippen molar-refractivity contribution in [2.75, 3.05) is 26.2 Å². The number of allylic oxidation sites excluding steroid dienone is 3. The Kier molecular flexibility index (Phi) is 12.3. The second kappa shape index (κ2) is 15.2. The van der Waals surface area contributed by atoms with Crippen LogP contribution in [-0.4, -0.2) is 57.9 Å². The summed E-state index contributed by atoms with van der Waals surface area (Å²) in [5.74, 6) is 0.136. The average molecular weight is 506 g/mol. The molecule has 0 radical (unpaired) electrons. The maximum absolute atomic E-state index is 13.2. The van der Waals surface area contributed by atoms with Crippen molar-refractivity contribution in [3.8, 4) is 11.3 Å². The number of carbonyl (C=O) groups is 1. The van der Waals surface area contributed by atoms with E-state index in [1.54, 1.807) is 0 Å². The third-order valence-electron chi connectivity index (χ3n) is 6.76. The molecule has 0 bridgehead atoms. The molecule has 0 unspecified atom stereocenters. The van der Waals surface area contributed by atoms with Crippen LogP contribution in [0, 0.1) is 0 Å². The highest BCUT2D eigenvalue weighted by molar-refractivity contribution is 5.76. The number of rotatable bonds is 9. The van der Waals surface area contributed by atoms with Crippen LogP contribution < -0.4 is 0 Å². The first-order valence-electron chi connectivity index (χ1n) is 14.0. The van der Waals surface area contributed by atoms with Gasteiger partial charge in [0.05, 0.1) is 5.69 Å². The van der Waals surface area contributed by atoms with Crippen LogP contribution in [0.2, 0.25) is 0 Å². The molecule has 3 rings (SSSR count). The first kappa shape index (κ1) is 30.1. The molecule has 1 amide bonds. The summed E-state index contributed by atoms with van der Waals surface area (Å²) in [6, 6.07) is 10.6. The van der Waals surface area contributed by atoms with Crippen LogP contribution in [0.3, 0.4) is 0 Å². The minimum atomic E-state index is 0.136. The molecule has 1 aliphatic rings. The Bertz CT molecular complexity index is 1100. The lowest BCUT2D eigenvalue weighted by atomic mass is 10.1. The molecule has 1 aromatic heterocycles. The van der Waals surface area contributed by atoms with E-state index < -0.39 is 0 Å². The zero-order valence-electron chi connectivity index (χ0n) is 24.3. The van der Waals surface area contributed by atoms with Gasteiger partial charge in [0.25, 0.3) is 0 Å². The molecule has 6 heteroatoms. The summed E-state index contributed by atoms with van der Waals surface area (Å²) in [5.41, 5.74) is 8.02. The molecule has 0 spiro atoms. The predicted octanol–water partition coefficient (Wildman–Crippen LogP) is 6.52. The molecule has 1 aromatic carbocycles. The Morgan fingerprint density at radius 2 is 1.68 bits per heavy atom. The minimum absolute atomic E-state index is 0.136. The van der Waals surface area contributed by atoms with Gasteiger partial charge in [-0.05, 0) is 63.8 Å². The highest BCUT2D eigenvalue weighted by Crippen LogP contribution is 2.22. The Balaban J connectivity index is 0.00000235. The van der Waals surface area contributed by atoms with E-state index in [0.717, 1.165) is 68.1 Å². The lowest BCUT2D eigenvalue weighted by Crippen LogP contribution is -2.49. The van der Waals surface area contributed by atoms with Crippen LogP contribution in [0.1, 0.15) is 73.1 Å². The second-order valence-electron chi connectivity index (χ2n) is 9.15. The first-order chi connectivity index (χ1) is 17.9. The molecule has 0 saturated carbocycles. The maximum atomic E-state index is 13.2. The van der Waals surface area contributed by atoms with Crippen molar-refractivity contribution in [1.82, 2.24) is 19.6 Å². The largest absolute Gasteiger partial charge is 0.368 e. The number of hydrogen-bond acceptors (Lipinski definition) is 4. The quantitative estimate of drug-likeness (QED) is 0.288. The molecule has 0 atom stereocenters. The van der Waals surface area contributed by atoms with Gasteiger partial charge in [0.1, 0.15) is 6.54 Å². The van der Waals surface area contributed by atoms with Crippen LogP contribution in [0.4, 0.5) is 0 Å². The summed E-state index contributed by atoms with van der Waals surface area (Å²) in [7, 11) is 0. The van der Waals surface area contributed by atoms with Crippen molar-refractivity contribution in [1.29, 1.82) is 0 Å². The molecular weight excluding hydrogens is 458 g/mol. The number of aliphatic imine (C=N–C) groups is 1. The fraction of sp³-hybridized carbons (Fsp3) is 0.516. The summed E-state index contributed by atoms with van der Waals surface area (Å²) < 4.78 is 1.89. The van der Waals surface area contributed by atoms with Crippen LogP contribution in [0.25, 0.3) is 11.3 Å². The molecule has 2 aromatic rings. The van der Waals surface area contributed by atoms with Gasteiger partial charge in [-0.1, -0.05) is 58.4 Å². The van der Waals surface area contributed by atoms with Crippen molar-refractivity contribution in [2.45, 2.75) is 81.2 Å². The molecule has 2 heterocycles. The summed E-state index contributed by atoms with van der Waals surface area (Å²) in [6.07, 6.45) is 6.83. The molecule has 6 nitrogen and oxygen atoms in total. The van der Waals surface area contributed by atoms with E-state index >= 15 is 0 Å². The number of nitrogens with zero attached hydrogens (tertiary/aromatic N) is 5. The van der Waals surface area contributed by atoms with Gasteiger partial charge in [0.2, 0.25) is 5.91 Å². The van der Waals surface area contributed by atoms with E-state index in [0.29, 0.717) is 0 Å². The third kappa shape index (κ3) is 8.17. The van der Waals surface area contributed by atoms with E-state index in [1.807, 2.05) is 43.5 Å². The van der Waals surface area contributed by atoms with Gasteiger partial charge < -0.3 is 9.80 Å². The summed E-state index contributed by atoms with van der Waals surface area (Å²) in [6.45, 7) is 20.0. The summed E-state index contributed by atoms with van der Waals surface area (Å²) >= 11 is 0. The number of aromatic nitrogens is 2. The predicted molar refractivity (Wildman–Crippen MR) is 157 cm³/mol. The fourth-order valence-electron chi connectivity index (χ4n) is 4.50. The highest BCUT2D eigenvalue weighted by Gasteiger charge is 2.24. The molecule has 1 saturated heterocycles. The van der Waals surface area contributed by atoms with Gasteiger partial charge >= 0.3 is 0 Å². The summed E-state index contributed by atoms with van der Waals surface area (Å²) in [5, 5.41) is 4.82. The smallest absolute Gasteiger partial charge is 0.244 e. The lowest BCUT2D eigenvalue weighted by Gasteiger charge is -2.37. The van der Waals surface area contributed by atoms with Crippen LogP contribution in [-0.2, 0) is 24.2 Å². The lowest BCUT2D eigenvalue weighted by molar-refractivity contribution is -0.133. The van der Waals surface area contributed by atoms with E-state index in [9.17, 15) is 4.79 Å². The molecule has 0 aliphatic carbocycles. The monoisotopic (exact) mass is 505 g/mol. The number of piperazine rings is 1. The van der Waals surface area contributed by atoms with Gasteiger partial charge in [-0.3, -0.25) is 14.5 Å². The van der Waals surface area contributed by atoms with Gasteiger partial charge in [-0.25, -0.2) is 0 Å². The fourth-order valence-corrected chi connectivity index (χ4v) is 4.50. The molecule has 0 N–H and O–H groups in total. The number of amides is 1. The maximum Gasteiger partial charge on any atom is 0.244 e. The van der Waals surface area contributed by atoms with E-state index in [-0.39, 0.29) is 12.5 Å². The third-order valence-corrected chi connectivity index (χ3v) is 6.76. The van der Waals surface area contributed by atoms with E-state index in [1.165, 1.54) is 16.8 Å². The molecule has 1 aliphatic heterocycles. The van der Waals surface area contributed by atoms with Crippen LogP contribution in [0.15, 0.2) is 58.4 Å². The second-order valence-corrected chi connectivity index (χ2v) is 9.15. The Labute approximate surface area is 224 Å². The minimum Gasteiger partial charge on any atom is -0.368 e. The van der Waals surface area contributed by atoms with E-state index in [2.05, 4.69) is 74.0 Å².